The molecule has 0 saturated carbocycles. The summed E-state index contributed by atoms with van der Waals surface area (Å²) in [5.74, 6) is -1.32. The first-order chi connectivity index (χ1) is 11.5. The van der Waals surface area contributed by atoms with Crippen LogP contribution in [-0.4, -0.2) is 18.4 Å². The lowest BCUT2D eigenvalue weighted by molar-refractivity contribution is -0.139. The van der Waals surface area contributed by atoms with Crippen LogP contribution in [0.4, 0.5) is 0 Å². The van der Waals surface area contributed by atoms with Crippen LogP contribution in [0.15, 0.2) is 48.5 Å². The molecule has 2 rings (SSSR count). The topological polar surface area (TPSA) is 58.2 Å². The van der Waals surface area contributed by atoms with Gasteiger partial charge in [0.1, 0.15) is 0 Å². The van der Waals surface area contributed by atoms with Crippen molar-refractivity contribution in [2.24, 2.45) is 0 Å². The number of benzene rings is 2. The number of carbonyl (C=O) groups is 2. The van der Waals surface area contributed by atoms with Crippen LogP contribution < -0.4 is 10.6 Å². The van der Waals surface area contributed by atoms with Crippen LogP contribution in [0.3, 0.4) is 0 Å². The Kier molecular flexibility index (Phi) is 6.64. The van der Waals surface area contributed by atoms with E-state index in [0.717, 1.165) is 11.1 Å². The number of carbonyl (C=O) groups excluding carboxylic acids is 2. The van der Waals surface area contributed by atoms with Crippen molar-refractivity contribution >= 4 is 35.0 Å². The largest absolute Gasteiger partial charge is 0.348 e. The predicted molar refractivity (Wildman–Crippen MR) is 96.2 cm³/mol. The third-order valence-electron chi connectivity index (χ3n) is 3.55. The molecule has 0 bridgehead atoms. The highest BCUT2D eigenvalue weighted by Crippen LogP contribution is 2.21. The van der Waals surface area contributed by atoms with E-state index in [1.54, 1.807) is 18.2 Å². The lowest BCUT2D eigenvalue weighted by Gasteiger charge is -2.14. The van der Waals surface area contributed by atoms with Gasteiger partial charge in [-0.15, -0.1) is 0 Å². The van der Waals surface area contributed by atoms with Crippen molar-refractivity contribution in [3.63, 3.8) is 0 Å². The molecule has 0 saturated heterocycles. The summed E-state index contributed by atoms with van der Waals surface area (Å²) in [4.78, 5) is 23.8. The lowest BCUT2D eigenvalue weighted by atomic mass is 10.1. The van der Waals surface area contributed by atoms with Gasteiger partial charge in [-0.3, -0.25) is 9.59 Å². The first kappa shape index (κ1) is 18.3. The maximum Gasteiger partial charge on any atom is 0.309 e. The lowest BCUT2D eigenvalue weighted by Crippen LogP contribution is -2.41. The number of nitrogens with one attached hydrogen (secondary N) is 2. The van der Waals surface area contributed by atoms with E-state index in [2.05, 4.69) is 10.6 Å². The molecule has 0 radical (unpaired) electrons. The van der Waals surface area contributed by atoms with Gasteiger partial charge in [-0.1, -0.05) is 59.6 Å². The van der Waals surface area contributed by atoms with Crippen LogP contribution in [0.1, 0.15) is 24.1 Å². The van der Waals surface area contributed by atoms with Gasteiger partial charge in [0.05, 0.1) is 6.04 Å². The Morgan fingerprint density at radius 1 is 1.04 bits per heavy atom. The summed E-state index contributed by atoms with van der Waals surface area (Å²) in [5, 5.41) is 6.35. The van der Waals surface area contributed by atoms with Gasteiger partial charge in [0, 0.05) is 16.6 Å². The zero-order valence-corrected chi connectivity index (χ0v) is 14.7. The number of hydrogen-bond acceptors (Lipinski definition) is 2. The number of halogens is 2. The van der Waals surface area contributed by atoms with Crippen molar-refractivity contribution in [1.82, 2.24) is 10.6 Å². The minimum Gasteiger partial charge on any atom is -0.348 e. The fourth-order valence-electron chi connectivity index (χ4n) is 2.20. The summed E-state index contributed by atoms with van der Waals surface area (Å²) in [5.41, 5.74) is 1.80. The van der Waals surface area contributed by atoms with Crippen molar-refractivity contribution in [2.75, 3.05) is 6.54 Å². The maximum atomic E-state index is 11.9. The molecule has 0 aliphatic carbocycles. The second kappa shape index (κ2) is 8.71. The summed E-state index contributed by atoms with van der Waals surface area (Å²) in [6.07, 6.45) is 0.517. The molecule has 0 aliphatic rings. The van der Waals surface area contributed by atoms with Gasteiger partial charge in [0.25, 0.3) is 0 Å². The van der Waals surface area contributed by atoms with Crippen LogP contribution in [0, 0.1) is 0 Å². The van der Waals surface area contributed by atoms with Crippen molar-refractivity contribution in [3.05, 3.63) is 69.7 Å². The van der Waals surface area contributed by atoms with Crippen LogP contribution in [0.5, 0.6) is 0 Å². The van der Waals surface area contributed by atoms with Gasteiger partial charge in [-0.2, -0.15) is 0 Å². The summed E-state index contributed by atoms with van der Waals surface area (Å²) in [6.45, 7) is 2.14. The minimum absolute atomic E-state index is 0.241. The van der Waals surface area contributed by atoms with E-state index in [-0.39, 0.29) is 6.04 Å². The van der Waals surface area contributed by atoms with E-state index in [4.69, 9.17) is 23.2 Å². The highest BCUT2D eigenvalue weighted by Gasteiger charge is 2.16. The van der Waals surface area contributed by atoms with Crippen molar-refractivity contribution in [1.29, 1.82) is 0 Å². The van der Waals surface area contributed by atoms with Crippen LogP contribution >= 0.6 is 23.2 Å². The maximum absolute atomic E-state index is 11.9. The quantitative estimate of drug-likeness (QED) is 0.797. The molecule has 6 heteroatoms. The normalized spacial score (nSPS) is 11.6. The zero-order valence-electron chi connectivity index (χ0n) is 13.2. The third-order valence-corrected chi connectivity index (χ3v) is 4.14. The molecule has 0 fully saturated rings. The Morgan fingerprint density at radius 2 is 1.75 bits per heavy atom. The molecular formula is C18H18Cl2N2O2. The van der Waals surface area contributed by atoms with Crippen LogP contribution in [0.25, 0.3) is 0 Å². The number of hydrogen-bond donors (Lipinski definition) is 2. The molecule has 0 aliphatic heterocycles. The molecule has 2 amide bonds. The second-order valence-electron chi connectivity index (χ2n) is 5.35. The van der Waals surface area contributed by atoms with Gasteiger partial charge in [0.15, 0.2) is 0 Å². The summed E-state index contributed by atoms with van der Waals surface area (Å²) < 4.78 is 0. The van der Waals surface area contributed by atoms with E-state index < -0.39 is 11.8 Å². The SMILES string of the molecule is CC(NC(=O)C(=O)NCCc1ccc(Cl)cc1Cl)c1ccccc1. The van der Waals surface area contributed by atoms with Crippen LogP contribution in [0.2, 0.25) is 10.0 Å². The summed E-state index contributed by atoms with van der Waals surface area (Å²) in [6, 6.07) is 14.4. The average Bonchev–Trinajstić information content (AvgIpc) is 2.57. The fourth-order valence-corrected chi connectivity index (χ4v) is 2.71. The van der Waals surface area contributed by atoms with E-state index in [1.165, 1.54) is 0 Å². The Balaban J connectivity index is 1.80. The monoisotopic (exact) mass is 364 g/mol. The Hall–Kier alpha value is -2.04. The highest BCUT2D eigenvalue weighted by molar-refractivity contribution is 6.35. The summed E-state index contributed by atoms with van der Waals surface area (Å²) >= 11 is 11.9. The van der Waals surface area contributed by atoms with Gasteiger partial charge in [-0.25, -0.2) is 0 Å². The molecule has 24 heavy (non-hydrogen) atoms. The van der Waals surface area contributed by atoms with Crippen molar-refractivity contribution < 1.29 is 9.59 Å². The average molecular weight is 365 g/mol. The number of amides is 2. The first-order valence-corrected chi connectivity index (χ1v) is 8.30. The first-order valence-electron chi connectivity index (χ1n) is 7.55. The smallest absolute Gasteiger partial charge is 0.309 e. The molecule has 1 atom stereocenters. The zero-order chi connectivity index (χ0) is 17.5. The second-order valence-corrected chi connectivity index (χ2v) is 6.19. The molecule has 0 spiro atoms. The van der Waals surface area contributed by atoms with E-state index in [1.807, 2.05) is 37.3 Å². The molecule has 1 unspecified atom stereocenters. The van der Waals surface area contributed by atoms with Gasteiger partial charge < -0.3 is 10.6 Å². The molecule has 0 heterocycles. The molecule has 2 N–H and O–H groups in total. The standard InChI is InChI=1S/C18H18Cl2N2O2/c1-12(13-5-3-2-4-6-13)22-18(24)17(23)21-10-9-14-7-8-15(19)11-16(14)20/h2-8,11-12H,9-10H2,1H3,(H,21,23)(H,22,24). The minimum atomic E-state index is -0.664. The molecule has 2 aromatic carbocycles. The van der Waals surface area contributed by atoms with E-state index in [9.17, 15) is 9.59 Å². The molecule has 126 valence electrons. The van der Waals surface area contributed by atoms with Crippen molar-refractivity contribution in [3.8, 4) is 0 Å². The van der Waals surface area contributed by atoms with Crippen LogP contribution in [-0.2, 0) is 16.0 Å². The Labute approximate surface area is 151 Å². The van der Waals surface area contributed by atoms with Gasteiger partial charge >= 0.3 is 11.8 Å². The fraction of sp³-hybridized carbons (Fsp3) is 0.222. The predicted octanol–water partition coefficient (Wildman–Crippen LogP) is 3.53. The number of rotatable bonds is 5. The van der Waals surface area contributed by atoms with E-state index in [0.29, 0.717) is 23.0 Å². The van der Waals surface area contributed by atoms with E-state index >= 15 is 0 Å². The van der Waals surface area contributed by atoms with Gasteiger partial charge in [0.2, 0.25) is 0 Å². The van der Waals surface area contributed by atoms with Crippen molar-refractivity contribution in [2.45, 2.75) is 19.4 Å². The van der Waals surface area contributed by atoms with Gasteiger partial charge in [-0.05, 0) is 36.6 Å². The Bertz CT molecular complexity index is 720. The molecule has 2 aromatic rings. The summed E-state index contributed by atoms with van der Waals surface area (Å²) in [7, 11) is 0. The third kappa shape index (κ3) is 5.25. The molecule has 0 aromatic heterocycles. The highest BCUT2D eigenvalue weighted by atomic mass is 35.5. The molecule has 4 nitrogen and oxygen atoms in total. The Morgan fingerprint density at radius 3 is 2.42 bits per heavy atom. The molecular weight excluding hydrogens is 347 g/mol.